The van der Waals surface area contributed by atoms with Gasteiger partial charge in [0.25, 0.3) is 0 Å². The molecular formula is C20H28N6OS. The first-order valence-electron chi connectivity index (χ1n) is 9.39. The maximum absolute atomic E-state index is 8.47. The Labute approximate surface area is 170 Å². The van der Waals surface area contributed by atoms with Crippen molar-refractivity contribution in [3.8, 4) is 5.75 Å². The van der Waals surface area contributed by atoms with Gasteiger partial charge in [0.1, 0.15) is 10.8 Å². The molecule has 28 heavy (non-hydrogen) atoms. The third-order valence-electron chi connectivity index (χ3n) is 5.44. The monoisotopic (exact) mass is 400 g/mol. The molecule has 3 rings (SSSR count). The summed E-state index contributed by atoms with van der Waals surface area (Å²) in [5.74, 6) is 0.574. The second-order valence-electron chi connectivity index (χ2n) is 7.29. The molecule has 0 unspecified atom stereocenters. The predicted octanol–water partition coefficient (Wildman–Crippen LogP) is 2.58. The Hall–Kier alpha value is -2.32. The molecule has 0 saturated carbocycles. The van der Waals surface area contributed by atoms with E-state index >= 15 is 0 Å². The van der Waals surface area contributed by atoms with Gasteiger partial charge in [0.15, 0.2) is 5.17 Å². The van der Waals surface area contributed by atoms with E-state index in [0.29, 0.717) is 26.9 Å². The highest BCUT2D eigenvalue weighted by atomic mass is 32.2. The van der Waals surface area contributed by atoms with Gasteiger partial charge in [-0.25, -0.2) is 0 Å². The van der Waals surface area contributed by atoms with Gasteiger partial charge in [0.05, 0.1) is 7.11 Å². The van der Waals surface area contributed by atoms with E-state index < -0.39 is 0 Å². The fourth-order valence-corrected chi connectivity index (χ4v) is 4.55. The lowest BCUT2D eigenvalue weighted by Crippen LogP contribution is -2.60. The average molecular weight is 401 g/mol. The van der Waals surface area contributed by atoms with Crippen molar-refractivity contribution in [1.29, 1.82) is 16.2 Å². The first-order chi connectivity index (χ1) is 13.5. The number of rotatable bonds is 5. The molecule has 2 aliphatic heterocycles. The van der Waals surface area contributed by atoms with Gasteiger partial charge in [-0.15, -0.1) is 0 Å². The highest BCUT2D eigenvalue weighted by Crippen LogP contribution is 2.40. The lowest BCUT2D eigenvalue weighted by Gasteiger charge is -2.53. The van der Waals surface area contributed by atoms with Crippen LogP contribution in [-0.2, 0) is 0 Å². The molecule has 0 radical (unpaired) electrons. The number of thioether (sulfide) groups is 1. The molecule has 7 nitrogen and oxygen atoms in total. The van der Waals surface area contributed by atoms with E-state index in [1.165, 1.54) is 30.8 Å². The minimum Gasteiger partial charge on any atom is -0.496 e. The third-order valence-corrected chi connectivity index (χ3v) is 6.31. The molecule has 8 heteroatoms. The summed E-state index contributed by atoms with van der Waals surface area (Å²) in [5.41, 5.74) is 2.59. The van der Waals surface area contributed by atoms with Gasteiger partial charge in [-0.3, -0.25) is 10.8 Å². The van der Waals surface area contributed by atoms with Gasteiger partial charge >= 0.3 is 0 Å². The Bertz CT molecular complexity index is 792. The van der Waals surface area contributed by atoms with E-state index in [-0.39, 0.29) is 0 Å². The number of hydrogen-bond acceptors (Lipinski definition) is 7. The summed E-state index contributed by atoms with van der Waals surface area (Å²) < 4.78 is 5.48. The maximum atomic E-state index is 8.47. The molecule has 1 spiro atoms. The average Bonchev–Trinajstić information content (AvgIpc) is 2.70. The van der Waals surface area contributed by atoms with E-state index in [0.717, 1.165) is 37.3 Å². The zero-order valence-corrected chi connectivity index (χ0v) is 17.2. The molecular weight excluding hydrogens is 372 g/mol. The summed E-state index contributed by atoms with van der Waals surface area (Å²) in [7, 11) is 3.37. The number of piperidine rings is 1. The number of hydrogen-bond donors (Lipinski definition) is 5. The van der Waals surface area contributed by atoms with Crippen LogP contribution in [0.1, 0.15) is 24.0 Å². The van der Waals surface area contributed by atoms with Gasteiger partial charge in [0, 0.05) is 49.1 Å². The predicted molar refractivity (Wildman–Crippen MR) is 117 cm³/mol. The van der Waals surface area contributed by atoms with Crippen molar-refractivity contribution in [2.45, 2.75) is 12.8 Å². The summed E-state index contributed by atoms with van der Waals surface area (Å²) in [4.78, 5) is 2.06. The zero-order chi connectivity index (χ0) is 20.1. The topological polar surface area (TPSA) is 108 Å². The fraction of sp³-hybridized carbons (Fsp3) is 0.450. The lowest BCUT2D eigenvalue weighted by atomic mass is 9.73. The highest BCUT2D eigenvalue weighted by Gasteiger charge is 2.44. The highest BCUT2D eigenvalue weighted by molar-refractivity contribution is 8.26. The van der Waals surface area contributed by atoms with Gasteiger partial charge in [-0.2, -0.15) is 0 Å². The maximum Gasteiger partial charge on any atom is 0.162 e. The van der Waals surface area contributed by atoms with Gasteiger partial charge in [-0.1, -0.05) is 6.07 Å². The van der Waals surface area contributed by atoms with E-state index in [1.807, 2.05) is 18.2 Å². The van der Waals surface area contributed by atoms with Crippen LogP contribution in [-0.4, -0.2) is 61.7 Å². The van der Waals surface area contributed by atoms with E-state index in [1.54, 1.807) is 20.4 Å². The first kappa shape index (κ1) is 20.4. The van der Waals surface area contributed by atoms with Crippen molar-refractivity contribution in [3.63, 3.8) is 0 Å². The van der Waals surface area contributed by atoms with Gasteiger partial charge < -0.3 is 25.7 Å². The number of nitrogens with zero attached hydrogens (tertiary/aromatic N) is 1. The summed E-state index contributed by atoms with van der Waals surface area (Å²) in [6.07, 6.45) is 5.37. The molecule has 1 aromatic carbocycles. The molecule has 2 aliphatic rings. The standard InChI is InChI=1S/C20H28N6OS/c1-24-11-15(10-21)14-3-4-16(17(9-14)27-2)18(22)28-19(23)26-12-20(13-26)5-7-25-8-6-20/h3-4,9-11,21-25H,5-8,12-13H2,1-2H3/b15-11+,21-10?,22-18?,23-19?. The second-order valence-corrected chi connectivity index (χ2v) is 8.29. The Balaban J connectivity index is 1.66. The minimum atomic E-state index is 0.300. The lowest BCUT2D eigenvalue weighted by molar-refractivity contribution is 0.0293. The van der Waals surface area contributed by atoms with E-state index in [2.05, 4.69) is 15.5 Å². The van der Waals surface area contributed by atoms with Crippen molar-refractivity contribution in [3.05, 3.63) is 35.5 Å². The summed E-state index contributed by atoms with van der Waals surface area (Å²) in [6, 6.07) is 5.53. The number of benzene rings is 1. The largest absolute Gasteiger partial charge is 0.496 e. The van der Waals surface area contributed by atoms with Crippen LogP contribution >= 0.6 is 11.8 Å². The summed E-state index contributed by atoms with van der Waals surface area (Å²) >= 11 is 1.17. The van der Waals surface area contributed by atoms with Crippen LogP contribution in [0.2, 0.25) is 0 Å². The van der Waals surface area contributed by atoms with Crippen molar-refractivity contribution < 1.29 is 4.74 Å². The van der Waals surface area contributed by atoms with Crippen LogP contribution in [0.5, 0.6) is 5.75 Å². The van der Waals surface area contributed by atoms with Crippen LogP contribution in [0.3, 0.4) is 0 Å². The van der Waals surface area contributed by atoms with Gasteiger partial charge in [-0.05, 0) is 55.4 Å². The van der Waals surface area contributed by atoms with Crippen LogP contribution in [0.15, 0.2) is 24.4 Å². The number of ether oxygens (including phenoxy) is 1. The zero-order valence-electron chi connectivity index (χ0n) is 16.4. The number of nitrogens with one attached hydrogen (secondary N) is 5. The summed E-state index contributed by atoms with van der Waals surface area (Å²) in [5, 5.41) is 31.5. The molecule has 2 saturated heterocycles. The van der Waals surface area contributed by atoms with Crippen LogP contribution in [0, 0.1) is 21.6 Å². The van der Waals surface area contributed by atoms with E-state index in [9.17, 15) is 0 Å². The molecule has 0 aliphatic carbocycles. The smallest absolute Gasteiger partial charge is 0.162 e. The Morgan fingerprint density at radius 3 is 2.61 bits per heavy atom. The number of methoxy groups -OCH3 is 1. The van der Waals surface area contributed by atoms with Crippen molar-refractivity contribution in [2.75, 3.05) is 40.3 Å². The van der Waals surface area contributed by atoms with E-state index in [4.69, 9.17) is 21.0 Å². The molecule has 1 aromatic rings. The van der Waals surface area contributed by atoms with Gasteiger partial charge in [0.2, 0.25) is 0 Å². The molecule has 0 amide bonds. The molecule has 150 valence electrons. The van der Waals surface area contributed by atoms with Crippen LogP contribution < -0.4 is 15.4 Å². The van der Waals surface area contributed by atoms with Crippen molar-refractivity contribution in [1.82, 2.24) is 15.5 Å². The first-order valence-corrected chi connectivity index (χ1v) is 10.2. The van der Waals surface area contributed by atoms with Crippen LogP contribution in [0.25, 0.3) is 5.57 Å². The molecule has 0 bridgehead atoms. The molecule has 2 heterocycles. The third kappa shape index (κ3) is 4.23. The molecule has 5 N–H and O–H groups in total. The quantitative estimate of drug-likeness (QED) is 0.386. The number of allylic oxidation sites excluding steroid dienone is 1. The molecule has 0 atom stereocenters. The van der Waals surface area contributed by atoms with Crippen LogP contribution in [0.4, 0.5) is 0 Å². The minimum absolute atomic E-state index is 0.300. The fourth-order valence-electron chi connectivity index (χ4n) is 3.82. The normalized spacial score (nSPS) is 18.4. The number of amidine groups is 1. The molecule has 2 fully saturated rings. The summed E-state index contributed by atoms with van der Waals surface area (Å²) in [6.45, 7) is 3.96. The number of likely N-dealkylation sites (tertiary alicyclic amines) is 1. The Morgan fingerprint density at radius 2 is 2.00 bits per heavy atom. The van der Waals surface area contributed by atoms with Crippen molar-refractivity contribution >= 4 is 33.8 Å². The molecule has 0 aromatic heterocycles. The Morgan fingerprint density at radius 1 is 1.29 bits per heavy atom. The Kier molecular flexibility index (Phi) is 6.41. The van der Waals surface area contributed by atoms with Crippen molar-refractivity contribution in [2.24, 2.45) is 5.41 Å². The second kappa shape index (κ2) is 8.79. The SMILES string of the molecule is CN/C=C(\C=N)c1ccc(C(=N)SC(=N)N2CC3(CCNCC3)C2)c(OC)c1.